The number of hydrogen-bond donors (Lipinski definition) is 2. The fourth-order valence-electron chi connectivity index (χ4n) is 2.44. The highest BCUT2D eigenvalue weighted by molar-refractivity contribution is 5.30. The Kier molecular flexibility index (Phi) is 2.98. The van der Waals surface area contributed by atoms with Crippen LogP contribution in [0.25, 0.3) is 0 Å². The van der Waals surface area contributed by atoms with E-state index in [4.69, 9.17) is 10.5 Å². The smallest absolute Gasteiger partial charge is 0.244 e. The van der Waals surface area contributed by atoms with Gasteiger partial charge in [0.15, 0.2) is 0 Å². The summed E-state index contributed by atoms with van der Waals surface area (Å²) in [6.45, 7) is 3.51. The van der Waals surface area contributed by atoms with Crippen LogP contribution in [0.3, 0.4) is 0 Å². The number of nitrogens with one attached hydrogen (secondary N) is 1. The van der Waals surface area contributed by atoms with Gasteiger partial charge in [-0.2, -0.15) is 4.98 Å². The third-order valence-electron chi connectivity index (χ3n) is 3.63. The van der Waals surface area contributed by atoms with Crippen LogP contribution in [-0.2, 0) is 4.74 Å². The Hall–Kier alpha value is -1.14. The third kappa shape index (κ3) is 2.28. The van der Waals surface area contributed by atoms with Gasteiger partial charge in [-0.15, -0.1) is 5.10 Å². The van der Waals surface area contributed by atoms with Crippen molar-refractivity contribution in [2.45, 2.75) is 31.2 Å². The highest BCUT2D eigenvalue weighted by atomic mass is 16.5. The number of aromatic amines is 1. The van der Waals surface area contributed by atoms with Crippen LogP contribution in [0.15, 0.2) is 0 Å². The average Bonchev–Trinajstić information content (AvgIpc) is 3.00. The van der Waals surface area contributed by atoms with Gasteiger partial charge in [-0.25, -0.2) is 0 Å². The van der Waals surface area contributed by atoms with Crippen molar-refractivity contribution < 1.29 is 4.74 Å². The van der Waals surface area contributed by atoms with Gasteiger partial charge in [0.2, 0.25) is 5.95 Å². The molecule has 0 aromatic carbocycles. The summed E-state index contributed by atoms with van der Waals surface area (Å²) in [4.78, 5) is 6.79. The molecule has 0 aliphatic carbocycles. The van der Waals surface area contributed by atoms with E-state index in [1.165, 1.54) is 0 Å². The molecule has 1 aromatic rings. The minimum Gasteiger partial charge on any atom is -0.381 e. The molecule has 3 heterocycles. The summed E-state index contributed by atoms with van der Waals surface area (Å²) < 4.78 is 5.36. The van der Waals surface area contributed by atoms with Crippen LogP contribution in [0.2, 0.25) is 0 Å². The quantitative estimate of drug-likeness (QED) is 0.770. The van der Waals surface area contributed by atoms with Crippen molar-refractivity contribution in [3.63, 3.8) is 0 Å². The summed E-state index contributed by atoms with van der Waals surface area (Å²) in [5.74, 6) is 2.18. The van der Waals surface area contributed by atoms with Crippen molar-refractivity contribution in [1.82, 2.24) is 15.2 Å². The van der Waals surface area contributed by atoms with Crippen LogP contribution in [0, 0.1) is 0 Å². The van der Waals surface area contributed by atoms with Gasteiger partial charge in [-0.3, -0.25) is 5.10 Å². The van der Waals surface area contributed by atoms with Crippen molar-refractivity contribution in [3.05, 3.63) is 5.82 Å². The molecular formula is C11H19N5O. The van der Waals surface area contributed by atoms with Crippen LogP contribution in [0.5, 0.6) is 0 Å². The lowest BCUT2D eigenvalue weighted by atomic mass is 10.1. The number of hydrogen-bond acceptors (Lipinski definition) is 5. The van der Waals surface area contributed by atoms with Crippen LogP contribution in [0.1, 0.15) is 31.0 Å². The molecule has 2 aliphatic rings. The SMILES string of the molecule is NC1CCN(c2n[nH]c(C3CCOC3)n2)CC1. The molecule has 3 rings (SSSR count). The molecule has 2 aliphatic heterocycles. The molecule has 17 heavy (non-hydrogen) atoms. The molecule has 0 amide bonds. The Morgan fingerprint density at radius 1 is 1.29 bits per heavy atom. The summed E-state index contributed by atoms with van der Waals surface area (Å²) in [6, 6.07) is 0.341. The maximum atomic E-state index is 5.89. The zero-order chi connectivity index (χ0) is 11.7. The van der Waals surface area contributed by atoms with Crippen LogP contribution < -0.4 is 10.6 Å². The lowest BCUT2D eigenvalue weighted by Crippen LogP contribution is -2.40. The van der Waals surface area contributed by atoms with Gasteiger partial charge in [-0.05, 0) is 19.3 Å². The van der Waals surface area contributed by atoms with Gasteiger partial charge in [-0.1, -0.05) is 0 Å². The maximum Gasteiger partial charge on any atom is 0.244 e. The average molecular weight is 237 g/mol. The molecule has 1 aromatic heterocycles. The van der Waals surface area contributed by atoms with Gasteiger partial charge in [0.05, 0.1) is 6.61 Å². The number of H-pyrrole nitrogens is 1. The normalized spacial score (nSPS) is 26.6. The van der Waals surface area contributed by atoms with E-state index in [0.29, 0.717) is 12.0 Å². The zero-order valence-corrected chi connectivity index (χ0v) is 9.93. The van der Waals surface area contributed by atoms with Crippen molar-refractivity contribution in [1.29, 1.82) is 0 Å². The summed E-state index contributed by atoms with van der Waals surface area (Å²) >= 11 is 0. The molecule has 6 nitrogen and oxygen atoms in total. The van der Waals surface area contributed by atoms with Crippen molar-refractivity contribution in [2.75, 3.05) is 31.2 Å². The Bertz CT molecular complexity index is 366. The topological polar surface area (TPSA) is 80.1 Å². The second kappa shape index (κ2) is 4.62. The van der Waals surface area contributed by atoms with E-state index < -0.39 is 0 Å². The number of anilines is 1. The molecule has 0 saturated carbocycles. The fraction of sp³-hybridized carbons (Fsp3) is 0.818. The van der Waals surface area contributed by atoms with Gasteiger partial charge in [0, 0.05) is 31.7 Å². The number of aromatic nitrogens is 3. The first-order valence-corrected chi connectivity index (χ1v) is 6.33. The number of ether oxygens (including phenoxy) is 1. The van der Waals surface area contributed by atoms with Crippen LogP contribution in [0.4, 0.5) is 5.95 Å². The van der Waals surface area contributed by atoms with Gasteiger partial charge >= 0.3 is 0 Å². The van der Waals surface area contributed by atoms with E-state index in [2.05, 4.69) is 20.1 Å². The Morgan fingerprint density at radius 3 is 2.82 bits per heavy atom. The molecule has 94 valence electrons. The molecule has 0 bridgehead atoms. The van der Waals surface area contributed by atoms with E-state index in [0.717, 1.165) is 57.3 Å². The predicted molar refractivity (Wildman–Crippen MR) is 64.0 cm³/mol. The Morgan fingerprint density at radius 2 is 2.12 bits per heavy atom. The summed E-state index contributed by atoms with van der Waals surface area (Å²) in [6.07, 6.45) is 3.09. The largest absolute Gasteiger partial charge is 0.381 e. The van der Waals surface area contributed by atoms with E-state index in [9.17, 15) is 0 Å². The standard InChI is InChI=1S/C11H19N5O/c12-9-1-4-16(5-2-9)11-13-10(14-15-11)8-3-6-17-7-8/h8-9H,1-7,12H2,(H,13,14,15). The molecule has 1 unspecified atom stereocenters. The molecule has 2 saturated heterocycles. The molecule has 0 spiro atoms. The first-order valence-electron chi connectivity index (χ1n) is 6.33. The lowest BCUT2D eigenvalue weighted by Gasteiger charge is -2.28. The second-order valence-electron chi connectivity index (χ2n) is 4.91. The zero-order valence-electron chi connectivity index (χ0n) is 9.93. The fourth-order valence-corrected chi connectivity index (χ4v) is 2.44. The highest BCUT2D eigenvalue weighted by Gasteiger charge is 2.24. The number of rotatable bonds is 2. The minimum absolute atomic E-state index is 0.341. The Labute approximate surface area is 101 Å². The molecular weight excluding hydrogens is 218 g/mol. The molecule has 0 radical (unpaired) electrons. The third-order valence-corrected chi connectivity index (χ3v) is 3.63. The summed E-state index contributed by atoms with van der Waals surface area (Å²) in [5.41, 5.74) is 5.89. The Balaban J connectivity index is 1.67. The maximum absolute atomic E-state index is 5.89. The van der Waals surface area contributed by atoms with Gasteiger partial charge in [0.1, 0.15) is 5.82 Å². The summed E-state index contributed by atoms with van der Waals surface area (Å²) in [5, 5.41) is 7.35. The van der Waals surface area contributed by atoms with Crippen LogP contribution >= 0.6 is 0 Å². The number of piperidine rings is 1. The van der Waals surface area contributed by atoms with Crippen molar-refractivity contribution in [3.8, 4) is 0 Å². The molecule has 1 atom stereocenters. The highest BCUT2D eigenvalue weighted by Crippen LogP contribution is 2.24. The first kappa shape index (κ1) is 11.0. The monoisotopic (exact) mass is 237 g/mol. The molecule has 6 heteroatoms. The second-order valence-corrected chi connectivity index (χ2v) is 4.91. The lowest BCUT2D eigenvalue weighted by molar-refractivity contribution is 0.193. The number of nitrogens with zero attached hydrogens (tertiary/aromatic N) is 3. The van der Waals surface area contributed by atoms with E-state index >= 15 is 0 Å². The van der Waals surface area contributed by atoms with Crippen LogP contribution in [-0.4, -0.2) is 47.5 Å². The van der Waals surface area contributed by atoms with E-state index in [-0.39, 0.29) is 0 Å². The predicted octanol–water partition coefficient (Wildman–Crippen LogP) is 0.236. The van der Waals surface area contributed by atoms with Gasteiger partial charge < -0.3 is 15.4 Å². The van der Waals surface area contributed by atoms with E-state index in [1.807, 2.05) is 0 Å². The molecule has 2 fully saturated rings. The minimum atomic E-state index is 0.341. The van der Waals surface area contributed by atoms with Crippen molar-refractivity contribution >= 4 is 5.95 Å². The van der Waals surface area contributed by atoms with E-state index in [1.54, 1.807) is 0 Å². The number of nitrogens with two attached hydrogens (primary N) is 1. The summed E-state index contributed by atoms with van der Waals surface area (Å²) in [7, 11) is 0. The van der Waals surface area contributed by atoms with Gasteiger partial charge in [0.25, 0.3) is 0 Å². The first-order chi connectivity index (χ1) is 8.33. The van der Waals surface area contributed by atoms with Crippen molar-refractivity contribution in [2.24, 2.45) is 5.73 Å². The molecule has 3 N–H and O–H groups in total.